The molecule has 0 fully saturated rings. The number of aromatic nitrogens is 1. The molecule has 3 aliphatic rings. The van der Waals surface area contributed by atoms with Gasteiger partial charge in [0, 0.05) is 41.0 Å². The summed E-state index contributed by atoms with van der Waals surface area (Å²) in [6.45, 7) is 0. The second kappa shape index (κ2) is 10.6. The summed E-state index contributed by atoms with van der Waals surface area (Å²) < 4.78 is 0. The van der Waals surface area contributed by atoms with Crippen molar-refractivity contribution in [3.05, 3.63) is 148 Å². The topological polar surface area (TPSA) is 39.9 Å². The first-order valence-electron chi connectivity index (χ1n) is 14.6. The molecule has 0 saturated heterocycles. The lowest BCUT2D eigenvalue weighted by molar-refractivity contribution is 0.566. The molecular formula is C37H37N3. The van der Waals surface area contributed by atoms with E-state index in [2.05, 4.69) is 139 Å². The lowest BCUT2D eigenvalue weighted by atomic mass is 9.89. The standard InChI is InChI=1S/C19H19N.C18H18N2/c1-20-19-12-18(15-8-4-5-9-17(15)19)16-11-10-13-6-2-3-7-14(13)16;1-19-18-10-15(12-6-2-3-7-13(12)18)16-11-20-17-9-5-4-8-14(16)17/h2-9,11,18-20H,10,12H2,1H3;2-9,11,15,18-20H,10H2,1H3/t18-,19+;15-,18-/m11/s1. The Hall–Kier alpha value is -3.92. The van der Waals surface area contributed by atoms with Crippen molar-refractivity contribution in [1.82, 2.24) is 15.6 Å². The maximum atomic E-state index is 3.47. The molecule has 0 unspecified atom stereocenters. The van der Waals surface area contributed by atoms with Gasteiger partial charge >= 0.3 is 0 Å². The van der Waals surface area contributed by atoms with Crippen LogP contribution >= 0.6 is 0 Å². The monoisotopic (exact) mass is 523 g/mol. The van der Waals surface area contributed by atoms with Gasteiger partial charge < -0.3 is 15.6 Å². The van der Waals surface area contributed by atoms with Crippen LogP contribution in [0.15, 0.2) is 109 Å². The third-order valence-electron chi connectivity index (χ3n) is 9.38. The van der Waals surface area contributed by atoms with E-state index in [1.165, 1.54) is 61.8 Å². The fourth-order valence-corrected chi connectivity index (χ4v) is 7.43. The van der Waals surface area contributed by atoms with Crippen LogP contribution < -0.4 is 10.6 Å². The minimum Gasteiger partial charge on any atom is -0.361 e. The van der Waals surface area contributed by atoms with Gasteiger partial charge in [0.2, 0.25) is 0 Å². The van der Waals surface area contributed by atoms with Crippen LogP contribution in [0.25, 0.3) is 16.5 Å². The van der Waals surface area contributed by atoms with E-state index < -0.39 is 0 Å². The maximum Gasteiger partial charge on any atom is 0.0457 e. The summed E-state index contributed by atoms with van der Waals surface area (Å²) in [5.74, 6) is 1.03. The van der Waals surface area contributed by atoms with E-state index in [1.807, 2.05) is 0 Å². The van der Waals surface area contributed by atoms with E-state index in [0.29, 0.717) is 23.9 Å². The van der Waals surface area contributed by atoms with Gasteiger partial charge in [0.1, 0.15) is 0 Å². The maximum absolute atomic E-state index is 3.47. The Kier molecular flexibility index (Phi) is 6.63. The van der Waals surface area contributed by atoms with Crippen LogP contribution in [-0.2, 0) is 6.42 Å². The van der Waals surface area contributed by atoms with Crippen LogP contribution in [-0.4, -0.2) is 19.1 Å². The number of aromatic amines is 1. The Balaban J connectivity index is 0.000000132. The number of rotatable bonds is 4. The molecule has 200 valence electrons. The van der Waals surface area contributed by atoms with Gasteiger partial charge in [0.05, 0.1) is 0 Å². The van der Waals surface area contributed by atoms with Gasteiger partial charge in [-0.2, -0.15) is 0 Å². The number of H-pyrrole nitrogens is 1. The molecule has 0 saturated carbocycles. The summed E-state index contributed by atoms with van der Waals surface area (Å²) >= 11 is 0. The number of allylic oxidation sites excluding steroid dienone is 2. The van der Waals surface area contributed by atoms with Crippen molar-refractivity contribution in [2.75, 3.05) is 14.1 Å². The Morgan fingerprint density at radius 1 is 0.600 bits per heavy atom. The Labute approximate surface area is 237 Å². The van der Waals surface area contributed by atoms with Crippen LogP contribution in [0.4, 0.5) is 0 Å². The van der Waals surface area contributed by atoms with Crippen LogP contribution in [0.1, 0.15) is 75.7 Å². The first-order chi connectivity index (χ1) is 19.8. The quantitative estimate of drug-likeness (QED) is 0.223. The van der Waals surface area contributed by atoms with Gasteiger partial charge in [-0.15, -0.1) is 0 Å². The van der Waals surface area contributed by atoms with Crippen molar-refractivity contribution in [3.8, 4) is 0 Å². The molecule has 1 aromatic heterocycles. The third-order valence-corrected chi connectivity index (χ3v) is 9.38. The summed E-state index contributed by atoms with van der Waals surface area (Å²) in [4.78, 5) is 3.41. The molecular weight excluding hydrogens is 486 g/mol. The number of nitrogens with one attached hydrogen (secondary N) is 3. The van der Waals surface area contributed by atoms with Gasteiger partial charge in [-0.25, -0.2) is 0 Å². The molecule has 3 heteroatoms. The molecule has 3 nitrogen and oxygen atoms in total. The van der Waals surface area contributed by atoms with Crippen LogP contribution in [0.3, 0.4) is 0 Å². The number of hydrogen-bond donors (Lipinski definition) is 3. The molecule has 4 aromatic carbocycles. The Morgan fingerprint density at radius 3 is 1.90 bits per heavy atom. The highest BCUT2D eigenvalue weighted by Crippen LogP contribution is 2.49. The van der Waals surface area contributed by atoms with Gasteiger partial charge in [-0.05, 0) is 83.9 Å². The predicted octanol–water partition coefficient (Wildman–Crippen LogP) is 8.04. The van der Waals surface area contributed by atoms with Crippen LogP contribution in [0.2, 0.25) is 0 Å². The molecule has 40 heavy (non-hydrogen) atoms. The van der Waals surface area contributed by atoms with E-state index in [-0.39, 0.29) is 0 Å². The minimum absolute atomic E-state index is 0.463. The largest absolute Gasteiger partial charge is 0.361 e. The predicted molar refractivity (Wildman–Crippen MR) is 167 cm³/mol. The number of benzene rings is 4. The van der Waals surface area contributed by atoms with E-state index >= 15 is 0 Å². The molecule has 4 atom stereocenters. The van der Waals surface area contributed by atoms with Crippen molar-refractivity contribution >= 4 is 16.5 Å². The van der Waals surface area contributed by atoms with Crippen molar-refractivity contribution in [2.45, 2.75) is 43.2 Å². The van der Waals surface area contributed by atoms with E-state index in [4.69, 9.17) is 0 Å². The lowest BCUT2D eigenvalue weighted by Crippen LogP contribution is -2.13. The van der Waals surface area contributed by atoms with Crippen molar-refractivity contribution in [3.63, 3.8) is 0 Å². The van der Waals surface area contributed by atoms with Crippen molar-refractivity contribution in [1.29, 1.82) is 0 Å². The molecule has 0 spiro atoms. The van der Waals surface area contributed by atoms with Gasteiger partial charge in [-0.3, -0.25) is 0 Å². The van der Waals surface area contributed by atoms with E-state index in [0.717, 1.165) is 12.8 Å². The fraction of sp³-hybridized carbons (Fsp3) is 0.243. The smallest absolute Gasteiger partial charge is 0.0457 e. The zero-order valence-electron chi connectivity index (χ0n) is 23.3. The van der Waals surface area contributed by atoms with E-state index in [9.17, 15) is 0 Å². The summed E-state index contributed by atoms with van der Waals surface area (Å²) in [5, 5.41) is 8.27. The average Bonchev–Trinajstić information content (AvgIpc) is 3.79. The normalized spacial score (nSPS) is 22.3. The molecule has 5 aromatic rings. The zero-order valence-corrected chi connectivity index (χ0v) is 23.3. The Bertz CT molecular complexity index is 1690. The average molecular weight is 524 g/mol. The summed E-state index contributed by atoms with van der Waals surface area (Å²) in [6, 6.07) is 36.1. The second-order valence-corrected chi connectivity index (χ2v) is 11.3. The van der Waals surface area contributed by atoms with Crippen molar-refractivity contribution < 1.29 is 0 Å². The molecule has 0 aliphatic heterocycles. The molecule has 3 N–H and O–H groups in total. The number of hydrogen-bond acceptors (Lipinski definition) is 2. The van der Waals surface area contributed by atoms with Crippen LogP contribution in [0, 0.1) is 0 Å². The minimum atomic E-state index is 0.463. The molecule has 8 rings (SSSR count). The molecule has 3 aliphatic carbocycles. The first kappa shape index (κ1) is 25.1. The lowest BCUT2D eigenvalue weighted by Gasteiger charge is -2.15. The summed E-state index contributed by atoms with van der Waals surface area (Å²) in [5.41, 5.74) is 13.0. The highest BCUT2D eigenvalue weighted by molar-refractivity contribution is 5.84. The molecule has 0 bridgehead atoms. The highest BCUT2D eigenvalue weighted by Gasteiger charge is 2.34. The van der Waals surface area contributed by atoms with Crippen LogP contribution in [0.5, 0.6) is 0 Å². The van der Waals surface area contributed by atoms with E-state index in [1.54, 1.807) is 0 Å². The summed E-state index contributed by atoms with van der Waals surface area (Å²) in [6.07, 6.45) is 8.02. The first-order valence-corrected chi connectivity index (χ1v) is 14.6. The Morgan fingerprint density at radius 2 is 1.18 bits per heavy atom. The second-order valence-electron chi connectivity index (χ2n) is 11.3. The molecule has 1 heterocycles. The number of fused-ring (bicyclic) bond motifs is 4. The summed E-state index contributed by atoms with van der Waals surface area (Å²) in [7, 11) is 4.12. The van der Waals surface area contributed by atoms with Gasteiger partial charge in [0.15, 0.2) is 0 Å². The third kappa shape index (κ3) is 4.21. The number of para-hydroxylation sites is 1. The molecule has 0 amide bonds. The SMILES string of the molecule is CN[C@@H]1C[C@@H](c2c[nH]c3ccccc23)c2ccccc21.CN[C@H]1C[C@@H](C2=CCc3ccccc32)c2ccccc21. The zero-order chi connectivity index (χ0) is 27.1. The molecule has 0 radical (unpaired) electrons. The van der Waals surface area contributed by atoms with Crippen molar-refractivity contribution in [2.24, 2.45) is 0 Å². The van der Waals surface area contributed by atoms with Gasteiger partial charge in [-0.1, -0.05) is 97.1 Å². The van der Waals surface area contributed by atoms with Gasteiger partial charge in [0.25, 0.3) is 0 Å². The fourth-order valence-electron chi connectivity index (χ4n) is 7.43. The highest BCUT2D eigenvalue weighted by atomic mass is 14.9.